The van der Waals surface area contributed by atoms with E-state index < -0.39 is 0 Å². The Morgan fingerprint density at radius 2 is 2.47 bits per heavy atom. The minimum atomic E-state index is 0.0808. The normalized spacial score (nSPS) is 24.0. The topological polar surface area (TPSA) is 64.9 Å². The minimum Gasteiger partial charge on any atom is -0.339 e. The molecule has 1 aromatic heterocycles. The van der Waals surface area contributed by atoms with Gasteiger partial charge in [0.1, 0.15) is 0 Å². The van der Waals surface area contributed by atoms with Crippen LogP contribution >= 0.6 is 11.8 Å². The third kappa shape index (κ3) is 2.95. The average Bonchev–Trinajstić information content (AvgIpc) is 2.67. The summed E-state index contributed by atoms with van der Waals surface area (Å²) in [6.07, 6.45) is 4.42. The molecule has 0 spiro atoms. The van der Waals surface area contributed by atoms with Crippen molar-refractivity contribution in [3.05, 3.63) is 11.7 Å². The van der Waals surface area contributed by atoms with Gasteiger partial charge in [0, 0.05) is 12.5 Å². The fraction of sp³-hybridized carbons (Fsp3) is 0.800. The molecule has 5 heteroatoms. The Morgan fingerprint density at radius 3 is 3.13 bits per heavy atom. The first-order chi connectivity index (χ1) is 7.25. The highest BCUT2D eigenvalue weighted by Gasteiger charge is 2.21. The van der Waals surface area contributed by atoms with Gasteiger partial charge in [0.25, 0.3) is 0 Å². The minimum absolute atomic E-state index is 0.0808. The van der Waals surface area contributed by atoms with E-state index >= 15 is 0 Å². The van der Waals surface area contributed by atoms with Crippen molar-refractivity contribution in [3.63, 3.8) is 0 Å². The summed E-state index contributed by atoms with van der Waals surface area (Å²) in [6.45, 7) is 1.94. The lowest BCUT2D eigenvalue weighted by Crippen LogP contribution is -2.18. The highest BCUT2D eigenvalue weighted by molar-refractivity contribution is 7.99. The molecule has 15 heavy (non-hydrogen) atoms. The van der Waals surface area contributed by atoms with Gasteiger partial charge in [0.2, 0.25) is 5.89 Å². The van der Waals surface area contributed by atoms with Crippen molar-refractivity contribution in [2.24, 2.45) is 5.73 Å². The van der Waals surface area contributed by atoms with Gasteiger partial charge in [-0.1, -0.05) is 11.6 Å². The van der Waals surface area contributed by atoms with Crippen LogP contribution in [0.3, 0.4) is 0 Å². The summed E-state index contributed by atoms with van der Waals surface area (Å²) in [5, 5.41) is 4.46. The molecule has 1 aliphatic rings. The zero-order valence-electron chi connectivity index (χ0n) is 8.98. The van der Waals surface area contributed by atoms with E-state index in [-0.39, 0.29) is 6.04 Å². The van der Waals surface area contributed by atoms with Crippen LogP contribution < -0.4 is 5.73 Å². The lowest BCUT2D eigenvalue weighted by Gasteiger charge is -2.17. The molecule has 4 nitrogen and oxygen atoms in total. The summed E-state index contributed by atoms with van der Waals surface area (Å²) in [7, 11) is 0. The van der Waals surface area contributed by atoms with Gasteiger partial charge in [0.15, 0.2) is 5.82 Å². The van der Waals surface area contributed by atoms with E-state index in [1.807, 2.05) is 18.7 Å². The molecule has 1 aliphatic heterocycles. The van der Waals surface area contributed by atoms with Gasteiger partial charge < -0.3 is 10.3 Å². The number of nitrogens with two attached hydrogens (primary N) is 1. The average molecular weight is 227 g/mol. The molecule has 2 atom stereocenters. The summed E-state index contributed by atoms with van der Waals surface area (Å²) in [6, 6.07) is 0.0808. The van der Waals surface area contributed by atoms with E-state index in [0.717, 1.165) is 5.82 Å². The van der Waals surface area contributed by atoms with E-state index in [1.165, 1.54) is 25.0 Å². The predicted octanol–water partition coefficient (Wildman–Crippen LogP) is 1.92. The SMILES string of the molecule is CC(N)Cc1nc(C2CCCCS2)no1. The molecule has 2 heterocycles. The summed E-state index contributed by atoms with van der Waals surface area (Å²) in [5.41, 5.74) is 5.68. The summed E-state index contributed by atoms with van der Waals surface area (Å²) < 4.78 is 5.17. The quantitative estimate of drug-likeness (QED) is 0.854. The lowest BCUT2D eigenvalue weighted by atomic mass is 10.2. The van der Waals surface area contributed by atoms with E-state index in [0.29, 0.717) is 17.6 Å². The second-order valence-electron chi connectivity index (χ2n) is 4.08. The molecular weight excluding hydrogens is 210 g/mol. The molecule has 2 unspecified atom stereocenters. The summed E-state index contributed by atoms with van der Waals surface area (Å²) in [5.74, 6) is 2.74. The Morgan fingerprint density at radius 1 is 1.60 bits per heavy atom. The maximum Gasteiger partial charge on any atom is 0.228 e. The van der Waals surface area contributed by atoms with Crippen LogP contribution in [-0.2, 0) is 6.42 Å². The molecule has 0 saturated carbocycles. The van der Waals surface area contributed by atoms with Crippen LogP contribution in [-0.4, -0.2) is 21.9 Å². The van der Waals surface area contributed by atoms with Crippen molar-refractivity contribution >= 4 is 11.8 Å². The second-order valence-corrected chi connectivity index (χ2v) is 5.39. The van der Waals surface area contributed by atoms with Crippen LogP contribution in [0.4, 0.5) is 0 Å². The summed E-state index contributed by atoms with van der Waals surface area (Å²) >= 11 is 1.93. The van der Waals surface area contributed by atoms with Gasteiger partial charge in [-0.2, -0.15) is 16.7 Å². The molecule has 1 aromatic rings. The Balaban J connectivity index is 1.99. The van der Waals surface area contributed by atoms with Gasteiger partial charge in [0.05, 0.1) is 5.25 Å². The molecule has 84 valence electrons. The van der Waals surface area contributed by atoms with Gasteiger partial charge in [-0.25, -0.2) is 0 Å². The Bertz CT molecular complexity index is 307. The number of aromatic nitrogens is 2. The van der Waals surface area contributed by atoms with Crippen LogP contribution in [0.15, 0.2) is 4.52 Å². The van der Waals surface area contributed by atoms with Crippen LogP contribution in [0.2, 0.25) is 0 Å². The Kier molecular flexibility index (Phi) is 3.64. The third-order valence-corrected chi connectivity index (χ3v) is 3.82. The van der Waals surface area contributed by atoms with E-state index in [1.54, 1.807) is 0 Å². The molecule has 0 amide bonds. The number of thioether (sulfide) groups is 1. The largest absolute Gasteiger partial charge is 0.339 e. The van der Waals surface area contributed by atoms with E-state index in [4.69, 9.17) is 10.3 Å². The van der Waals surface area contributed by atoms with Crippen LogP contribution in [0.1, 0.15) is 43.2 Å². The van der Waals surface area contributed by atoms with Crippen molar-refractivity contribution in [1.29, 1.82) is 0 Å². The third-order valence-electron chi connectivity index (χ3n) is 2.45. The fourth-order valence-corrected chi connectivity index (χ4v) is 2.93. The van der Waals surface area contributed by atoms with Crippen molar-refractivity contribution in [3.8, 4) is 0 Å². The summed E-state index contributed by atoms with van der Waals surface area (Å²) in [4.78, 5) is 4.40. The Labute approximate surface area is 94.0 Å². The lowest BCUT2D eigenvalue weighted by molar-refractivity contribution is 0.365. The second kappa shape index (κ2) is 4.99. The van der Waals surface area contributed by atoms with Crippen molar-refractivity contribution < 1.29 is 4.52 Å². The molecule has 2 rings (SSSR count). The number of hydrogen-bond donors (Lipinski definition) is 1. The van der Waals surface area contributed by atoms with Crippen LogP contribution in [0.25, 0.3) is 0 Å². The van der Waals surface area contributed by atoms with Crippen LogP contribution in [0, 0.1) is 0 Å². The van der Waals surface area contributed by atoms with Crippen LogP contribution in [0.5, 0.6) is 0 Å². The smallest absolute Gasteiger partial charge is 0.228 e. The molecular formula is C10H17N3OS. The first kappa shape index (κ1) is 11.0. The molecule has 0 aliphatic carbocycles. The van der Waals surface area contributed by atoms with Crippen molar-refractivity contribution in [1.82, 2.24) is 10.1 Å². The number of nitrogens with zero attached hydrogens (tertiary/aromatic N) is 2. The monoisotopic (exact) mass is 227 g/mol. The zero-order chi connectivity index (χ0) is 10.7. The van der Waals surface area contributed by atoms with Crippen molar-refractivity contribution in [2.75, 3.05) is 5.75 Å². The predicted molar refractivity (Wildman–Crippen MR) is 60.7 cm³/mol. The van der Waals surface area contributed by atoms with Gasteiger partial charge in [-0.3, -0.25) is 0 Å². The Hall–Kier alpha value is -0.550. The molecule has 1 fully saturated rings. The van der Waals surface area contributed by atoms with Gasteiger partial charge in [-0.05, 0) is 25.5 Å². The highest BCUT2D eigenvalue weighted by Crippen LogP contribution is 2.36. The molecule has 0 aromatic carbocycles. The first-order valence-corrected chi connectivity index (χ1v) is 6.50. The fourth-order valence-electron chi connectivity index (χ4n) is 1.70. The van der Waals surface area contributed by atoms with Crippen molar-refractivity contribution in [2.45, 2.75) is 43.9 Å². The van der Waals surface area contributed by atoms with Gasteiger partial charge >= 0.3 is 0 Å². The first-order valence-electron chi connectivity index (χ1n) is 5.45. The number of rotatable bonds is 3. The molecule has 0 radical (unpaired) electrons. The standard InChI is InChI=1S/C10H17N3OS/c1-7(11)6-9-12-10(13-14-9)8-4-2-3-5-15-8/h7-8H,2-6,11H2,1H3. The highest BCUT2D eigenvalue weighted by atomic mass is 32.2. The van der Waals surface area contributed by atoms with E-state index in [2.05, 4.69) is 10.1 Å². The molecule has 0 bridgehead atoms. The maximum absolute atomic E-state index is 5.68. The molecule has 2 N–H and O–H groups in total. The molecule has 1 saturated heterocycles. The zero-order valence-corrected chi connectivity index (χ0v) is 9.80. The number of hydrogen-bond acceptors (Lipinski definition) is 5. The van der Waals surface area contributed by atoms with Gasteiger partial charge in [-0.15, -0.1) is 0 Å². The maximum atomic E-state index is 5.68. The van der Waals surface area contributed by atoms with E-state index in [9.17, 15) is 0 Å².